The summed E-state index contributed by atoms with van der Waals surface area (Å²) in [5.41, 5.74) is 1.11. The largest absolute Gasteiger partial charge is 0.353 e. The first-order valence-corrected chi connectivity index (χ1v) is 5.56. The SMILES string of the molecule is CC1COC(C)OC1.Cc1cnc(C)nc1. The molecule has 0 saturated carbocycles. The Hall–Kier alpha value is -1.00. The molecule has 2 heterocycles. The fourth-order valence-electron chi connectivity index (χ4n) is 1.15. The summed E-state index contributed by atoms with van der Waals surface area (Å²) in [7, 11) is 0. The molecule has 0 spiro atoms. The lowest BCUT2D eigenvalue weighted by molar-refractivity contribution is -0.187. The molecule has 2 rings (SSSR count). The van der Waals surface area contributed by atoms with E-state index in [1.165, 1.54) is 0 Å². The first kappa shape index (κ1) is 13.1. The van der Waals surface area contributed by atoms with E-state index in [9.17, 15) is 0 Å². The van der Waals surface area contributed by atoms with Crippen LogP contribution in [-0.4, -0.2) is 29.5 Å². The van der Waals surface area contributed by atoms with Gasteiger partial charge in [-0.05, 0) is 26.3 Å². The molecule has 1 aliphatic rings. The summed E-state index contributed by atoms with van der Waals surface area (Å²) >= 11 is 0. The van der Waals surface area contributed by atoms with Crippen molar-refractivity contribution >= 4 is 0 Å². The van der Waals surface area contributed by atoms with Gasteiger partial charge in [-0.25, -0.2) is 9.97 Å². The number of rotatable bonds is 0. The minimum Gasteiger partial charge on any atom is -0.353 e. The van der Waals surface area contributed by atoms with Crippen LogP contribution in [0, 0.1) is 19.8 Å². The highest BCUT2D eigenvalue weighted by molar-refractivity contribution is 5.00. The molecule has 90 valence electrons. The summed E-state index contributed by atoms with van der Waals surface area (Å²) in [6.45, 7) is 9.58. The van der Waals surface area contributed by atoms with Gasteiger partial charge in [-0.3, -0.25) is 0 Å². The van der Waals surface area contributed by atoms with Gasteiger partial charge < -0.3 is 9.47 Å². The molecule has 1 saturated heterocycles. The average Bonchev–Trinajstić information content (AvgIpc) is 2.28. The topological polar surface area (TPSA) is 44.2 Å². The quantitative estimate of drug-likeness (QED) is 0.677. The second kappa shape index (κ2) is 6.55. The van der Waals surface area contributed by atoms with Gasteiger partial charge in [0.05, 0.1) is 13.2 Å². The van der Waals surface area contributed by atoms with Crippen LogP contribution in [-0.2, 0) is 9.47 Å². The number of hydrogen-bond acceptors (Lipinski definition) is 4. The van der Waals surface area contributed by atoms with Crippen molar-refractivity contribution in [3.8, 4) is 0 Å². The lowest BCUT2D eigenvalue weighted by Gasteiger charge is -2.24. The van der Waals surface area contributed by atoms with Crippen LogP contribution in [0.25, 0.3) is 0 Å². The van der Waals surface area contributed by atoms with Gasteiger partial charge >= 0.3 is 0 Å². The molecule has 0 radical (unpaired) electrons. The molecule has 4 nitrogen and oxygen atoms in total. The molecule has 0 N–H and O–H groups in total. The molecule has 1 fully saturated rings. The highest BCUT2D eigenvalue weighted by Crippen LogP contribution is 2.08. The van der Waals surface area contributed by atoms with Gasteiger partial charge in [0.25, 0.3) is 0 Å². The smallest absolute Gasteiger partial charge is 0.154 e. The Morgan fingerprint density at radius 3 is 1.94 bits per heavy atom. The van der Waals surface area contributed by atoms with Crippen LogP contribution < -0.4 is 0 Å². The summed E-state index contributed by atoms with van der Waals surface area (Å²) < 4.78 is 10.3. The third-order valence-corrected chi connectivity index (χ3v) is 2.14. The Kier molecular flexibility index (Phi) is 5.35. The van der Waals surface area contributed by atoms with Crippen molar-refractivity contribution in [2.75, 3.05) is 13.2 Å². The summed E-state index contributed by atoms with van der Waals surface area (Å²) in [4.78, 5) is 7.94. The van der Waals surface area contributed by atoms with E-state index in [1.807, 2.05) is 33.2 Å². The van der Waals surface area contributed by atoms with Crippen molar-refractivity contribution < 1.29 is 9.47 Å². The molecule has 0 amide bonds. The molecule has 16 heavy (non-hydrogen) atoms. The molecule has 0 unspecified atom stereocenters. The van der Waals surface area contributed by atoms with Crippen molar-refractivity contribution in [2.24, 2.45) is 5.92 Å². The standard InChI is InChI=1S/C6H8N2.C6H12O2/c2*1-5-3-7-6(2)8-4-5/h3-4H,1-2H3;5-6H,3-4H2,1-2H3. The Labute approximate surface area is 97.0 Å². The van der Waals surface area contributed by atoms with Gasteiger partial charge in [0.2, 0.25) is 0 Å². The van der Waals surface area contributed by atoms with Gasteiger partial charge in [-0.15, -0.1) is 0 Å². The van der Waals surface area contributed by atoms with Crippen LogP contribution in [0.2, 0.25) is 0 Å². The van der Waals surface area contributed by atoms with Crippen molar-refractivity contribution in [3.05, 3.63) is 23.8 Å². The number of aromatic nitrogens is 2. The number of aryl methyl sites for hydroxylation is 2. The number of ether oxygens (including phenoxy) is 2. The van der Waals surface area contributed by atoms with Crippen LogP contribution in [0.4, 0.5) is 0 Å². The fourth-order valence-corrected chi connectivity index (χ4v) is 1.15. The maximum Gasteiger partial charge on any atom is 0.154 e. The zero-order valence-corrected chi connectivity index (χ0v) is 10.4. The van der Waals surface area contributed by atoms with E-state index >= 15 is 0 Å². The molecule has 4 heteroatoms. The lowest BCUT2D eigenvalue weighted by Crippen LogP contribution is -2.27. The van der Waals surface area contributed by atoms with Gasteiger partial charge in [0, 0.05) is 18.3 Å². The Morgan fingerprint density at radius 2 is 1.56 bits per heavy atom. The van der Waals surface area contributed by atoms with E-state index in [1.54, 1.807) is 0 Å². The predicted molar refractivity (Wildman–Crippen MR) is 62.0 cm³/mol. The van der Waals surface area contributed by atoms with Crippen molar-refractivity contribution in [1.29, 1.82) is 0 Å². The summed E-state index contributed by atoms with van der Waals surface area (Å²) in [5, 5.41) is 0. The van der Waals surface area contributed by atoms with E-state index in [2.05, 4.69) is 16.9 Å². The minimum absolute atomic E-state index is 0.0196. The van der Waals surface area contributed by atoms with E-state index < -0.39 is 0 Å². The van der Waals surface area contributed by atoms with Crippen LogP contribution in [0.1, 0.15) is 25.2 Å². The summed E-state index contributed by atoms with van der Waals surface area (Å²) in [5.74, 6) is 1.40. The van der Waals surface area contributed by atoms with Gasteiger partial charge in [0.1, 0.15) is 5.82 Å². The van der Waals surface area contributed by atoms with Crippen molar-refractivity contribution in [3.63, 3.8) is 0 Å². The molecular formula is C12H20N2O2. The van der Waals surface area contributed by atoms with Gasteiger partial charge in [0.15, 0.2) is 6.29 Å². The second-order valence-electron chi connectivity index (χ2n) is 4.15. The first-order chi connectivity index (χ1) is 7.58. The van der Waals surface area contributed by atoms with Crippen LogP contribution in [0.3, 0.4) is 0 Å². The van der Waals surface area contributed by atoms with E-state index in [4.69, 9.17) is 9.47 Å². The molecule has 0 aromatic carbocycles. The van der Waals surface area contributed by atoms with Gasteiger partial charge in [-0.1, -0.05) is 6.92 Å². The van der Waals surface area contributed by atoms with Crippen LogP contribution in [0.15, 0.2) is 12.4 Å². The lowest BCUT2D eigenvalue weighted by atomic mass is 10.2. The Bertz CT molecular complexity index is 261. The molecular weight excluding hydrogens is 204 g/mol. The number of nitrogens with zero attached hydrogens (tertiary/aromatic N) is 2. The second-order valence-corrected chi connectivity index (χ2v) is 4.15. The highest BCUT2D eigenvalue weighted by Gasteiger charge is 2.13. The van der Waals surface area contributed by atoms with Crippen LogP contribution in [0.5, 0.6) is 0 Å². The zero-order valence-electron chi connectivity index (χ0n) is 10.4. The molecule has 1 aliphatic heterocycles. The number of hydrogen-bond donors (Lipinski definition) is 0. The average molecular weight is 224 g/mol. The molecule has 1 aromatic rings. The van der Waals surface area contributed by atoms with Gasteiger partial charge in [-0.2, -0.15) is 0 Å². The summed E-state index contributed by atoms with van der Waals surface area (Å²) in [6, 6.07) is 0. The maximum absolute atomic E-state index is 5.17. The van der Waals surface area contributed by atoms with Crippen LogP contribution >= 0.6 is 0 Å². The summed E-state index contributed by atoms with van der Waals surface area (Å²) in [6.07, 6.45) is 3.64. The predicted octanol–water partition coefficient (Wildman–Crippen LogP) is 2.11. The molecule has 0 bridgehead atoms. The molecule has 1 aromatic heterocycles. The fraction of sp³-hybridized carbons (Fsp3) is 0.667. The third kappa shape index (κ3) is 5.19. The van der Waals surface area contributed by atoms with E-state index in [0.29, 0.717) is 5.92 Å². The molecule has 0 atom stereocenters. The third-order valence-electron chi connectivity index (χ3n) is 2.14. The van der Waals surface area contributed by atoms with E-state index in [-0.39, 0.29) is 6.29 Å². The Morgan fingerprint density at radius 1 is 1.06 bits per heavy atom. The monoisotopic (exact) mass is 224 g/mol. The Balaban J connectivity index is 0.000000160. The van der Waals surface area contributed by atoms with E-state index in [0.717, 1.165) is 24.6 Å². The van der Waals surface area contributed by atoms with Crippen molar-refractivity contribution in [1.82, 2.24) is 9.97 Å². The highest BCUT2D eigenvalue weighted by atomic mass is 16.7. The zero-order chi connectivity index (χ0) is 12.0. The maximum atomic E-state index is 5.17. The van der Waals surface area contributed by atoms with Crippen molar-refractivity contribution in [2.45, 2.75) is 34.0 Å². The first-order valence-electron chi connectivity index (χ1n) is 5.56. The minimum atomic E-state index is 0.0196. The molecule has 0 aliphatic carbocycles. The normalized spacial score (nSPS) is 24.5.